The smallest absolute Gasteiger partial charge is 0.376 e. The van der Waals surface area contributed by atoms with E-state index in [1.165, 1.54) is 4.90 Å². The number of likely N-dealkylation sites (N-methyl/N-ethyl adjacent to an activating group) is 1. The molecular formula is C22H24F6N2O2. The Bertz CT molecular complexity index is 852. The van der Waals surface area contributed by atoms with E-state index in [4.69, 9.17) is 10.5 Å². The number of carbonyl (C=O) groups excluding carboxylic acids is 1. The zero-order chi connectivity index (χ0) is 23.9. The van der Waals surface area contributed by atoms with Gasteiger partial charge in [0, 0.05) is 32.5 Å². The van der Waals surface area contributed by atoms with Gasteiger partial charge in [0.1, 0.15) is 0 Å². The predicted molar refractivity (Wildman–Crippen MR) is 107 cm³/mol. The second-order valence-electron chi connectivity index (χ2n) is 7.35. The number of hydrogen-bond donors (Lipinski definition) is 1. The first kappa shape index (κ1) is 25.7. The molecule has 0 aromatic heterocycles. The summed E-state index contributed by atoms with van der Waals surface area (Å²) >= 11 is 0. The van der Waals surface area contributed by atoms with Gasteiger partial charge in [0.25, 0.3) is 0 Å². The average molecular weight is 462 g/mol. The van der Waals surface area contributed by atoms with Crippen LogP contribution in [-0.4, -0.2) is 37.6 Å². The molecule has 0 spiro atoms. The standard InChI is InChI=1S/C22H24F6N2O2/c1-30(20(31)7-8-29)12-17(16-5-3-2-4-6-16)14-32-13-15-9-18(21(23,24)25)11-19(10-15)22(26,27)28/h2-6,9-11,17H,7-8,12-14,29H2,1H3. The van der Waals surface area contributed by atoms with Crippen molar-refractivity contribution in [2.24, 2.45) is 5.73 Å². The third-order valence-corrected chi connectivity index (χ3v) is 4.78. The second-order valence-corrected chi connectivity index (χ2v) is 7.35. The van der Waals surface area contributed by atoms with Crippen LogP contribution in [-0.2, 0) is 28.5 Å². The molecule has 4 nitrogen and oxygen atoms in total. The minimum atomic E-state index is -4.92. The molecule has 1 unspecified atom stereocenters. The predicted octanol–water partition coefficient (Wildman–Crippen LogP) is 4.83. The molecule has 10 heteroatoms. The molecule has 1 amide bonds. The molecule has 0 aliphatic carbocycles. The Labute approximate surface area is 182 Å². The third-order valence-electron chi connectivity index (χ3n) is 4.78. The minimum absolute atomic E-state index is 0.0120. The van der Waals surface area contributed by atoms with Crippen molar-refractivity contribution in [3.63, 3.8) is 0 Å². The van der Waals surface area contributed by atoms with Gasteiger partial charge in [-0.25, -0.2) is 0 Å². The summed E-state index contributed by atoms with van der Waals surface area (Å²) in [5, 5.41) is 0. The van der Waals surface area contributed by atoms with Crippen molar-refractivity contribution in [3.8, 4) is 0 Å². The molecule has 0 heterocycles. The Kier molecular flexibility index (Phi) is 8.68. The molecule has 0 saturated carbocycles. The van der Waals surface area contributed by atoms with Gasteiger partial charge in [-0.05, 0) is 29.3 Å². The number of amides is 1. The van der Waals surface area contributed by atoms with Gasteiger partial charge in [-0.1, -0.05) is 30.3 Å². The number of ether oxygens (including phenoxy) is 1. The highest BCUT2D eigenvalue weighted by Crippen LogP contribution is 2.36. The lowest BCUT2D eigenvalue weighted by Crippen LogP contribution is -2.33. The maximum Gasteiger partial charge on any atom is 0.416 e. The largest absolute Gasteiger partial charge is 0.416 e. The first-order valence-electron chi connectivity index (χ1n) is 9.77. The number of benzene rings is 2. The van der Waals surface area contributed by atoms with Gasteiger partial charge in [0.05, 0.1) is 24.3 Å². The van der Waals surface area contributed by atoms with E-state index < -0.39 is 30.1 Å². The van der Waals surface area contributed by atoms with Gasteiger partial charge in [-0.15, -0.1) is 0 Å². The summed E-state index contributed by atoms with van der Waals surface area (Å²) in [7, 11) is 1.59. The highest BCUT2D eigenvalue weighted by atomic mass is 19.4. The van der Waals surface area contributed by atoms with E-state index >= 15 is 0 Å². The van der Waals surface area contributed by atoms with E-state index in [0.717, 1.165) is 5.56 Å². The van der Waals surface area contributed by atoms with Crippen LogP contribution in [0.25, 0.3) is 0 Å². The molecule has 2 N–H and O–H groups in total. The van der Waals surface area contributed by atoms with Gasteiger partial charge >= 0.3 is 12.4 Å². The van der Waals surface area contributed by atoms with Crippen molar-refractivity contribution < 1.29 is 35.9 Å². The molecule has 32 heavy (non-hydrogen) atoms. The summed E-state index contributed by atoms with van der Waals surface area (Å²) in [5.74, 6) is -0.517. The molecule has 0 aliphatic rings. The van der Waals surface area contributed by atoms with Gasteiger partial charge < -0.3 is 15.4 Å². The molecule has 0 bridgehead atoms. The van der Waals surface area contributed by atoms with Crippen molar-refractivity contribution >= 4 is 5.91 Å². The molecule has 176 valence electrons. The summed E-state index contributed by atoms with van der Waals surface area (Å²) in [6, 6.07) is 10.3. The first-order chi connectivity index (χ1) is 14.9. The molecule has 2 aromatic rings. The molecule has 0 aliphatic heterocycles. The summed E-state index contributed by atoms with van der Waals surface area (Å²) in [5.41, 5.74) is 3.20. The molecule has 0 saturated heterocycles. The normalized spacial score (nSPS) is 13.1. The number of carbonyl (C=O) groups is 1. The van der Waals surface area contributed by atoms with E-state index in [1.54, 1.807) is 37.4 Å². The average Bonchev–Trinajstić information content (AvgIpc) is 2.72. The van der Waals surface area contributed by atoms with Crippen molar-refractivity contribution in [2.75, 3.05) is 26.7 Å². The Morgan fingerprint density at radius 1 is 1.00 bits per heavy atom. The van der Waals surface area contributed by atoms with Gasteiger partial charge in [0.2, 0.25) is 5.91 Å². The fourth-order valence-electron chi connectivity index (χ4n) is 3.15. The van der Waals surface area contributed by atoms with Crippen molar-refractivity contribution in [1.82, 2.24) is 4.90 Å². The van der Waals surface area contributed by atoms with E-state index in [0.29, 0.717) is 12.1 Å². The van der Waals surface area contributed by atoms with E-state index in [2.05, 4.69) is 0 Å². The minimum Gasteiger partial charge on any atom is -0.376 e. The topological polar surface area (TPSA) is 55.6 Å². The van der Waals surface area contributed by atoms with Crippen LogP contribution in [0.15, 0.2) is 48.5 Å². The van der Waals surface area contributed by atoms with Crippen LogP contribution in [0.5, 0.6) is 0 Å². The van der Waals surface area contributed by atoms with Crippen LogP contribution >= 0.6 is 0 Å². The van der Waals surface area contributed by atoms with Crippen LogP contribution in [0.4, 0.5) is 26.3 Å². The fraction of sp³-hybridized carbons (Fsp3) is 0.409. The lowest BCUT2D eigenvalue weighted by Gasteiger charge is -2.25. The van der Waals surface area contributed by atoms with Crippen LogP contribution < -0.4 is 5.73 Å². The Balaban J connectivity index is 2.17. The highest BCUT2D eigenvalue weighted by Gasteiger charge is 2.36. The zero-order valence-electron chi connectivity index (χ0n) is 17.3. The first-order valence-corrected chi connectivity index (χ1v) is 9.77. The van der Waals surface area contributed by atoms with Crippen LogP contribution in [0.2, 0.25) is 0 Å². The fourth-order valence-corrected chi connectivity index (χ4v) is 3.15. The van der Waals surface area contributed by atoms with E-state index in [-0.39, 0.29) is 49.6 Å². The highest BCUT2D eigenvalue weighted by molar-refractivity contribution is 5.76. The second kappa shape index (κ2) is 10.8. The van der Waals surface area contributed by atoms with Crippen molar-refractivity contribution in [2.45, 2.75) is 31.3 Å². The SMILES string of the molecule is CN(CC(COCc1cc(C(F)(F)F)cc(C(F)(F)F)c1)c1ccccc1)C(=O)CCN. The lowest BCUT2D eigenvalue weighted by molar-refractivity contribution is -0.143. The summed E-state index contributed by atoms with van der Waals surface area (Å²) in [6.07, 6.45) is -9.69. The number of halogens is 6. The van der Waals surface area contributed by atoms with Gasteiger partial charge in [0.15, 0.2) is 0 Å². The Morgan fingerprint density at radius 3 is 2.06 bits per heavy atom. The number of hydrogen-bond acceptors (Lipinski definition) is 3. The van der Waals surface area contributed by atoms with Gasteiger partial charge in [-0.3, -0.25) is 4.79 Å². The van der Waals surface area contributed by atoms with Crippen molar-refractivity contribution in [1.29, 1.82) is 0 Å². The van der Waals surface area contributed by atoms with Crippen molar-refractivity contribution in [3.05, 3.63) is 70.8 Å². The zero-order valence-corrected chi connectivity index (χ0v) is 17.3. The molecule has 2 rings (SSSR count). The Hall–Kier alpha value is -2.59. The third kappa shape index (κ3) is 7.52. The molecule has 0 fully saturated rings. The quantitative estimate of drug-likeness (QED) is 0.543. The summed E-state index contributed by atoms with van der Waals surface area (Å²) < 4.78 is 83.7. The van der Waals surface area contributed by atoms with Gasteiger partial charge in [-0.2, -0.15) is 26.3 Å². The molecule has 2 aromatic carbocycles. The maximum absolute atomic E-state index is 13.0. The number of alkyl halides is 6. The summed E-state index contributed by atoms with van der Waals surface area (Å²) in [6.45, 7) is -0.0232. The number of nitrogens with two attached hydrogens (primary N) is 1. The van der Waals surface area contributed by atoms with Crippen LogP contribution in [0, 0.1) is 0 Å². The summed E-state index contributed by atoms with van der Waals surface area (Å²) in [4.78, 5) is 13.5. The molecular weight excluding hydrogens is 438 g/mol. The van der Waals surface area contributed by atoms with Crippen LogP contribution in [0.1, 0.15) is 34.6 Å². The maximum atomic E-state index is 13.0. The number of rotatable bonds is 9. The van der Waals surface area contributed by atoms with Crippen LogP contribution in [0.3, 0.4) is 0 Å². The number of nitrogens with zero attached hydrogens (tertiary/aromatic N) is 1. The lowest BCUT2D eigenvalue weighted by atomic mass is 9.99. The van der Waals surface area contributed by atoms with E-state index in [1.807, 2.05) is 0 Å². The molecule has 1 atom stereocenters. The Morgan fingerprint density at radius 2 is 1.56 bits per heavy atom. The van der Waals surface area contributed by atoms with E-state index in [9.17, 15) is 31.1 Å². The monoisotopic (exact) mass is 462 g/mol. The molecule has 0 radical (unpaired) electrons.